The average Bonchev–Trinajstić information content (AvgIpc) is 2.84. The summed E-state index contributed by atoms with van der Waals surface area (Å²) in [6.07, 6.45) is 0.702. The van der Waals surface area contributed by atoms with Crippen molar-refractivity contribution < 1.29 is 18.4 Å². The zero-order chi connectivity index (χ0) is 24.5. The number of carbonyl (C=O) groups is 2. The number of hydrogen-bond acceptors (Lipinski definition) is 2. The Morgan fingerprint density at radius 2 is 1.65 bits per heavy atom. The van der Waals surface area contributed by atoms with Gasteiger partial charge in [-0.3, -0.25) is 9.59 Å². The first kappa shape index (κ1) is 25.4. The Hall–Kier alpha value is -3.25. The number of amides is 2. The SMILES string of the molecule is CCCNC(=O)[C@@H](Cc1ccccc1)N(Cc1ccc(F)cc1)C(=O)Cc1c(F)cccc1Cl. The van der Waals surface area contributed by atoms with Gasteiger partial charge in [0.05, 0.1) is 6.42 Å². The van der Waals surface area contributed by atoms with Crippen LogP contribution in [0.4, 0.5) is 8.78 Å². The summed E-state index contributed by atoms with van der Waals surface area (Å²) in [6, 6.07) is 18.5. The molecule has 4 nitrogen and oxygen atoms in total. The molecule has 1 atom stereocenters. The van der Waals surface area contributed by atoms with Crippen LogP contribution in [-0.4, -0.2) is 29.3 Å². The van der Waals surface area contributed by atoms with Gasteiger partial charge in [-0.1, -0.05) is 67.1 Å². The number of halogens is 3. The van der Waals surface area contributed by atoms with Gasteiger partial charge in [0.25, 0.3) is 0 Å². The topological polar surface area (TPSA) is 49.4 Å². The number of nitrogens with one attached hydrogen (secondary N) is 1. The van der Waals surface area contributed by atoms with E-state index in [-0.39, 0.29) is 35.9 Å². The summed E-state index contributed by atoms with van der Waals surface area (Å²) in [5.74, 6) is -1.75. The van der Waals surface area contributed by atoms with Crippen molar-refractivity contribution in [1.82, 2.24) is 10.2 Å². The zero-order valence-corrected chi connectivity index (χ0v) is 19.7. The highest BCUT2D eigenvalue weighted by molar-refractivity contribution is 6.31. The highest BCUT2D eigenvalue weighted by Crippen LogP contribution is 2.22. The summed E-state index contributed by atoms with van der Waals surface area (Å²) in [4.78, 5) is 28.2. The Bertz CT molecular complexity index is 1090. The molecule has 2 amide bonds. The number of benzene rings is 3. The normalized spacial score (nSPS) is 11.6. The van der Waals surface area contributed by atoms with Crippen LogP contribution in [0.1, 0.15) is 30.0 Å². The highest BCUT2D eigenvalue weighted by atomic mass is 35.5. The molecule has 0 saturated heterocycles. The van der Waals surface area contributed by atoms with E-state index in [2.05, 4.69) is 5.32 Å². The van der Waals surface area contributed by atoms with E-state index in [1.165, 1.54) is 35.2 Å². The van der Waals surface area contributed by atoms with Gasteiger partial charge < -0.3 is 10.2 Å². The molecule has 0 unspecified atom stereocenters. The van der Waals surface area contributed by atoms with Crippen molar-refractivity contribution in [1.29, 1.82) is 0 Å². The summed E-state index contributed by atoms with van der Waals surface area (Å²) in [6.45, 7) is 2.46. The summed E-state index contributed by atoms with van der Waals surface area (Å²) < 4.78 is 27.9. The van der Waals surface area contributed by atoms with Gasteiger partial charge in [0.2, 0.25) is 11.8 Å². The molecule has 0 aromatic heterocycles. The standard InChI is InChI=1S/C27H27ClF2N2O2/c1-2-15-31-27(34)25(16-19-7-4-3-5-8-19)32(18-20-11-13-21(29)14-12-20)26(33)17-22-23(28)9-6-10-24(22)30/h3-14,25H,2,15-18H2,1H3,(H,31,34)/t25-/m1/s1. The van der Waals surface area contributed by atoms with Crippen LogP contribution in [0.25, 0.3) is 0 Å². The van der Waals surface area contributed by atoms with E-state index in [1.807, 2.05) is 37.3 Å². The van der Waals surface area contributed by atoms with Crippen molar-refractivity contribution in [3.63, 3.8) is 0 Å². The summed E-state index contributed by atoms with van der Waals surface area (Å²) in [7, 11) is 0. The zero-order valence-electron chi connectivity index (χ0n) is 18.9. The first-order valence-electron chi connectivity index (χ1n) is 11.2. The lowest BCUT2D eigenvalue weighted by molar-refractivity contribution is -0.140. The van der Waals surface area contributed by atoms with Crippen LogP contribution in [0.3, 0.4) is 0 Å². The maximum Gasteiger partial charge on any atom is 0.243 e. The maximum absolute atomic E-state index is 14.4. The van der Waals surface area contributed by atoms with Crippen LogP contribution in [0, 0.1) is 11.6 Å². The largest absolute Gasteiger partial charge is 0.354 e. The average molecular weight is 485 g/mol. The van der Waals surface area contributed by atoms with E-state index in [4.69, 9.17) is 11.6 Å². The molecule has 0 heterocycles. The van der Waals surface area contributed by atoms with Crippen molar-refractivity contribution in [2.75, 3.05) is 6.54 Å². The summed E-state index contributed by atoms with van der Waals surface area (Å²) >= 11 is 6.16. The molecular weight excluding hydrogens is 458 g/mol. The predicted molar refractivity (Wildman–Crippen MR) is 129 cm³/mol. The molecule has 3 rings (SSSR count). The van der Waals surface area contributed by atoms with Crippen LogP contribution in [0.15, 0.2) is 72.8 Å². The lowest BCUT2D eigenvalue weighted by Gasteiger charge is -2.32. The second-order valence-corrected chi connectivity index (χ2v) is 8.43. The number of rotatable bonds is 10. The number of carbonyl (C=O) groups excluding carboxylic acids is 2. The summed E-state index contributed by atoms with van der Waals surface area (Å²) in [5.41, 5.74) is 1.60. The molecule has 3 aromatic rings. The van der Waals surface area contributed by atoms with E-state index in [1.54, 1.807) is 12.1 Å². The van der Waals surface area contributed by atoms with Crippen LogP contribution >= 0.6 is 11.6 Å². The van der Waals surface area contributed by atoms with E-state index in [9.17, 15) is 18.4 Å². The minimum Gasteiger partial charge on any atom is -0.354 e. The molecule has 0 aliphatic heterocycles. The number of hydrogen-bond donors (Lipinski definition) is 1. The molecule has 0 radical (unpaired) electrons. The van der Waals surface area contributed by atoms with Gasteiger partial charge in [0.15, 0.2) is 0 Å². The van der Waals surface area contributed by atoms with Gasteiger partial charge >= 0.3 is 0 Å². The van der Waals surface area contributed by atoms with Crippen molar-refractivity contribution in [3.8, 4) is 0 Å². The molecular formula is C27H27ClF2N2O2. The number of nitrogens with zero attached hydrogens (tertiary/aromatic N) is 1. The van der Waals surface area contributed by atoms with Crippen molar-refractivity contribution in [2.45, 2.75) is 38.8 Å². The molecule has 0 spiro atoms. The molecule has 0 fully saturated rings. The van der Waals surface area contributed by atoms with Gasteiger partial charge in [0, 0.05) is 30.1 Å². The fourth-order valence-corrected chi connectivity index (χ4v) is 3.89. The minimum absolute atomic E-state index is 0.0578. The first-order chi connectivity index (χ1) is 16.4. The molecule has 34 heavy (non-hydrogen) atoms. The Balaban J connectivity index is 1.98. The monoisotopic (exact) mass is 484 g/mol. The fourth-order valence-electron chi connectivity index (χ4n) is 3.66. The predicted octanol–water partition coefficient (Wildman–Crippen LogP) is 5.33. The van der Waals surface area contributed by atoms with E-state index in [0.717, 1.165) is 12.0 Å². The quantitative estimate of drug-likeness (QED) is 0.423. The smallest absolute Gasteiger partial charge is 0.243 e. The third kappa shape index (κ3) is 6.87. The molecule has 0 bridgehead atoms. The van der Waals surface area contributed by atoms with Gasteiger partial charge in [-0.2, -0.15) is 0 Å². The van der Waals surface area contributed by atoms with Crippen molar-refractivity contribution in [2.24, 2.45) is 0 Å². The molecule has 178 valence electrons. The molecule has 0 saturated carbocycles. The van der Waals surface area contributed by atoms with Gasteiger partial charge in [-0.05, 0) is 41.8 Å². The summed E-state index contributed by atoms with van der Waals surface area (Å²) in [5, 5.41) is 3.02. The van der Waals surface area contributed by atoms with Crippen molar-refractivity contribution in [3.05, 3.63) is 106 Å². The second-order valence-electron chi connectivity index (χ2n) is 8.02. The van der Waals surface area contributed by atoms with Crippen LogP contribution in [-0.2, 0) is 29.0 Å². The van der Waals surface area contributed by atoms with Gasteiger partial charge in [0.1, 0.15) is 17.7 Å². The van der Waals surface area contributed by atoms with Crippen LogP contribution in [0.2, 0.25) is 5.02 Å². The second kappa shape index (κ2) is 12.3. The Kier molecular flexibility index (Phi) is 9.16. The molecule has 7 heteroatoms. The van der Waals surface area contributed by atoms with Crippen molar-refractivity contribution >= 4 is 23.4 Å². The molecule has 0 aliphatic rings. The maximum atomic E-state index is 14.4. The fraction of sp³-hybridized carbons (Fsp3) is 0.259. The van der Waals surface area contributed by atoms with Gasteiger partial charge in [-0.15, -0.1) is 0 Å². The van der Waals surface area contributed by atoms with E-state index in [0.29, 0.717) is 12.1 Å². The Morgan fingerprint density at radius 3 is 2.29 bits per heavy atom. The van der Waals surface area contributed by atoms with Crippen LogP contribution < -0.4 is 5.32 Å². The highest BCUT2D eigenvalue weighted by Gasteiger charge is 2.31. The lowest BCUT2D eigenvalue weighted by Crippen LogP contribution is -2.51. The Morgan fingerprint density at radius 1 is 0.941 bits per heavy atom. The van der Waals surface area contributed by atoms with Crippen LogP contribution in [0.5, 0.6) is 0 Å². The van der Waals surface area contributed by atoms with E-state index >= 15 is 0 Å². The molecule has 0 aliphatic carbocycles. The molecule has 3 aromatic carbocycles. The van der Waals surface area contributed by atoms with E-state index < -0.39 is 23.6 Å². The lowest BCUT2D eigenvalue weighted by atomic mass is 10.0. The first-order valence-corrected chi connectivity index (χ1v) is 11.5. The molecule has 1 N–H and O–H groups in total. The minimum atomic E-state index is -0.850. The van der Waals surface area contributed by atoms with Gasteiger partial charge in [-0.25, -0.2) is 8.78 Å². The Labute approximate surface area is 203 Å². The third-order valence-electron chi connectivity index (χ3n) is 5.48. The third-order valence-corrected chi connectivity index (χ3v) is 5.83.